The molecular formula is C17H16BrN5O. The van der Waals surface area contributed by atoms with Crippen molar-refractivity contribution in [3.8, 4) is 11.3 Å². The first-order valence-corrected chi connectivity index (χ1v) is 8.55. The van der Waals surface area contributed by atoms with E-state index in [2.05, 4.69) is 36.5 Å². The molecule has 6 nitrogen and oxygen atoms in total. The summed E-state index contributed by atoms with van der Waals surface area (Å²) in [5.74, 6) is 0.300. The van der Waals surface area contributed by atoms with Crippen LogP contribution in [0.25, 0.3) is 11.3 Å². The van der Waals surface area contributed by atoms with Crippen molar-refractivity contribution in [2.24, 2.45) is 7.05 Å². The standard InChI is InChI=1S/C17H16BrN5O/c1-23-16(11-2-3-11)15(9-19-23)20-17(24)14-8-13(21-22-14)10-4-6-12(18)7-5-10/h4-9,11H,2-3H2,1H3,(H,20,24)(H,21,22). The lowest BCUT2D eigenvalue weighted by atomic mass is 10.1. The van der Waals surface area contributed by atoms with Crippen LogP contribution in [0, 0.1) is 0 Å². The van der Waals surface area contributed by atoms with E-state index in [1.165, 1.54) is 0 Å². The van der Waals surface area contributed by atoms with E-state index in [-0.39, 0.29) is 5.91 Å². The average molecular weight is 386 g/mol. The van der Waals surface area contributed by atoms with Gasteiger partial charge in [0.2, 0.25) is 0 Å². The van der Waals surface area contributed by atoms with Gasteiger partial charge >= 0.3 is 0 Å². The van der Waals surface area contributed by atoms with Gasteiger partial charge < -0.3 is 5.32 Å². The molecule has 3 aromatic rings. The van der Waals surface area contributed by atoms with Crippen molar-refractivity contribution in [2.45, 2.75) is 18.8 Å². The molecule has 0 saturated heterocycles. The van der Waals surface area contributed by atoms with Crippen LogP contribution in [0.1, 0.15) is 34.9 Å². The number of hydrogen-bond donors (Lipinski definition) is 2. The molecule has 2 N–H and O–H groups in total. The van der Waals surface area contributed by atoms with Gasteiger partial charge in [-0.2, -0.15) is 10.2 Å². The third kappa shape index (κ3) is 2.87. The first kappa shape index (κ1) is 15.1. The lowest BCUT2D eigenvalue weighted by molar-refractivity contribution is 0.102. The van der Waals surface area contributed by atoms with Crippen LogP contribution < -0.4 is 5.32 Å². The predicted molar refractivity (Wildman–Crippen MR) is 94.9 cm³/mol. The molecule has 1 aromatic carbocycles. The van der Waals surface area contributed by atoms with Gasteiger partial charge in [0.05, 0.1) is 23.3 Å². The van der Waals surface area contributed by atoms with Crippen molar-refractivity contribution in [3.05, 3.63) is 52.4 Å². The van der Waals surface area contributed by atoms with E-state index >= 15 is 0 Å². The number of nitrogens with zero attached hydrogens (tertiary/aromatic N) is 3. The lowest BCUT2D eigenvalue weighted by Gasteiger charge is -2.05. The maximum absolute atomic E-state index is 12.5. The number of halogens is 1. The number of carbonyl (C=O) groups excluding carboxylic acids is 1. The fraction of sp³-hybridized carbons (Fsp3) is 0.235. The van der Waals surface area contributed by atoms with Crippen molar-refractivity contribution >= 4 is 27.5 Å². The highest BCUT2D eigenvalue weighted by Crippen LogP contribution is 2.43. The maximum Gasteiger partial charge on any atom is 0.273 e. The number of carbonyl (C=O) groups is 1. The van der Waals surface area contributed by atoms with Crippen molar-refractivity contribution in [1.82, 2.24) is 20.0 Å². The predicted octanol–water partition coefficient (Wildman–Crippen LogP) is 3.70. The minimum absolute atomic E-state index is 0.208. The number of rotatable bonds is 4. The Kier molecular flexibility index (Phi) is 3.72. The van der Waals surface area contributed by atoms with Crippen LogP contribution >= 0.6 is 15.9 Å². The molecule has 0 aliphatic heterocycles. The van der Waals surface area contributed by atoms with Gasteiger partial charge in [-0.1, -0.05) is 28.1 Å². The number of hydrogen-bond acceptors (Lipinski definition) is 3. The molecule has 1 amide bonds. The topological polar surface area (TPSA) is 75.6 Å². The molecule has 0 unspecified atom stereocenters. The minimum atomic E-state index is -0.208. The van der Waals surface area contributed by atoms with Gasteiger partial charge in [-0.15, -0.1) is 0 Å². The number of aromatic amines is 1. The number of anilines is 1. The molecule has 4 rings (SSSR count). The zero-order chi connectivity index (χ0) is 16.7. The molecule has 24 heavy (non-hydrogen) atoms. The van der Waals surface area contributed by atoms with Crippen LogP contribution in [0.4, 0.5) is 5.69 Å². The van der Waals surface area contributed by atoms with Gasteiger partial charge in [0.1, 0.15) is 5.69 Å². The molecule has 1 aliphatic rings. The molecule has 0 atom stereocenters. The summed E-state index contributed by atoms with van der Waals surface area (Å²) in [6.07, 6.45) is 4.01. The quantitative estimate of drug-likeness (QED) is 0.718. The third-order valence-electron chi connectivity index (χ3n) is 4.16. The number of aryl methyl sites for hydroxylation is 1. The van der Waals surface area contributed by atoms with Gasteiger partial charge in [-0.05, 0) is 31.0 Å². The Morgan fingerprint density at radius 3 is 2.79 bits per heavy atom. The molecule has 0 bridgehead atoms. The van der Waals surface area contributed by atoms with Gasteiger partial charge in [0.15, 0.2) is 0 Å². The zero-order valence-corrected chi connectivity index (χ0v) is 14.7. The van der Waals surface area contributed by atoms with Crippen LogP contribution in [0.15, 0.2) is 41.0 Å². The molecular weight excluding hydrogens is 370 g/mol. The van der Waals surface area contributed by atoms with Gasteiger partial charge in [-0.25, -0.2) is 0 Å². The second-order valence-electron chi connectivity index (χ2n) is 5.97. The highest BCUT2D eigenvalue weighted by Gasteiger charge is 2.30. The van der Waals surface area contributed by atoms with Gasteiger partial charge in [0.25, 0.3) is 5.91 Å². The second kappa shape index (κ2) is 5.90. The number of aromatic nitrogens is 4. The first-order chi connectivity index (χ1) is 11.6. The lowest BCUT2D eigenvalue weighted by Crippen LogP contribution is -2.13. The van der Waals surface area contributed by atoms with Gasteiger partial charge in [0, 0.05) is 23.0 Å². The van der Waals surface area contributed by atoms with Crippen LogP contribution in [0.3, 0.4) is 0 Å². The fourth-order valence-electron chi connectivity index (χ4n) is 2.78. The van der Waals surface area contributed by atoms with E-state index in [0.29, 0.717) is 11.6 Å². The van der Waals surface area contributed by atoms with Gasteiger partial charge in [-0.3, -0.25) is 14.6 Å². The SMILES string of the molecule is Cn1ncc(NC(=O)c2cc(-c3ccc(Br)cc3)n[nH]2)c1C1CC1. The molecule has 1 aliphatic carbocycles. The Balaban J connectivity index is 1.54. The highest BCUT2D eigenvalue weighted by atomic mass is 79.9. The number of nitrogens with one attached hydrogen (secondary N) is 2. The average Bonchev–Trinajstić information content (AvgIpc) is 3.15. The summed E-state index contributed by atoms with van der Waals surface area (Å²) in [5.41, 5.74) is 3.99. The number of benzene rings is 1. The molecule has 1 fully saturated rings. The minimum Gasteiger partial charge on any atom is -0.318 e. The summed E-state index contributed by atoms with van der Waals surface area (Å²) in [6, 6.07) is 9.55. The van der Waals surface area contributed by atoms with E-state index in [9.17, 15) is 4.79 Å². The van der Waals surface area contributed by atoms with E-state index in [0.717, 1.165) is 40.0 Å². The number of H-pyrrole nitrogens is 1. The zero-order valence-electron chi connectivity index (χ0n) is 13.1. The number of amides is 1. The Morgan fingerprint density at radius 2 is 2.08 bits per heavy atom. The molecule has 0 radical (unpaired) electrons. The third-order valence-corrected chi connectivity index (χ3v) is 4.69. The molecule has 0 spiro atoms. The summed E-state index contributed by atoms with van der Waals surface area (Å²) < 4.78 is 2.84. The van der Waals surface area contributed by atoms with E-state index < -0.39 is 0 Å². The smallest absolute Gasteiger partial charge is 0.273 e. The van der Waals surface area contributed by atoms with Crippen molar-refractivity contribution in [3.63, 3.8) is 0 Å². The van der Waals surface area contributed by atoms with Crippen LogP contribution in [0.5, 0.6) is 0 Å². The normalized spacial score (nSPS) is 13.9. The highest BCUT2D eigenvalue weighted by molar-refractivity contribution is 9.10. The summed E-state index contributed by atoms with van der Waals surface area (Å²) in [5, 5.41) is 14.2. The summed E-state index contributed by atoms with van der Waals surface area (Å²) in [6.45, 7) is 0. The van der Waals surface area contributed by atoms with Crippen LogP contribution in [0.2, 0.25) is 0 Å². The van der Waals surface area contributed by atoms with Crippen molar-refractivity contribution < 1.29 is 4.79 Å². The Hall–Kier alpha value is -2.41. The Bertz CT molecular complexity index is 892. The van der Waals surface area contributed by atoms with Crippen molar-refractivity contribution in [2.75, 3.05) is 5.32 Å². The van der Waals surface area contributed by atoms with E-state index in [1.54, 1.807) is 12.3 Å². The largest absolute Gasteiger partial charge is 0.318 e. The Labute approximate surface area is 147 Å². The summed E-state index contributed by atoms with van der Waals surface area (Å²) in [7, 11) is 1.91. The molecule has 2 aromatic heterocycles. The second-order valence-corrected chi connectivity index (χ2v) is 6.88. The maximum atomic E-state index is 12.5. The molecule has 122 valence electrons. The van der Waals surface area contributed by atoms with Crippen molar-refractivity contribution in [1.29, 1.82) is 0 Å². The van der Waals surface area contributed by atoms with E-state index in [4.69, 9.17) is 0 Å². The Morgan fingerprint density at radius 1 is 1.33 bits per heavy atom. The monoisotopic (exact) mass is 385 g/mol. The van der Waals surface area contributed by atoms with E-state index in [1.807, 2.05) is 36.0 Å². The molecule has 7 heteroatoms. The first-order valence-electron chi connectivity index (χ1n) is 7.76. The molecule has 1 saturated carbocycles. The summed E-state index contributed by atoms with van der Waals surface area (Å²) >= 11 is 3.41. The summed E-state index contributed by atoms with van der Waals surface area (Å²) in [4.78, 5) is 12.5. The van der Waals surface area contributed by atoms with Crippen LogP contribution in [-0.4, -0.2) is 25.9 Å². The molecule has 2 heterocycles. The van der Waals surface area contributed by atoms with Crippen LogP contribution in [-0.2, 0) is 7.05 Å². The fourth-order valence-corrected chi connectivity index (χ4v) is 3.04.